The van der Waals surface area contributed by atoms with Crippen LogP contribution in [-0.2, 0) is 4.43 Å². The van der Waals surface area contributed by atoms with Crippen LogP contribution in [0.4, 0.5) is 0 Å². The summed E-state index contributed by atoms with van der Waals surface area (Å²) in [7, 11) is 1.73. The van der Waals surface area contributed by atoms with Crippen molar-refractivity contribution in [1.29, 1.82) is 0 Å². The summed E-state index contributed by atoms with van der Waals surface area (Å²) in [6.07, 6.45) is 7.39. The molecular formula is C8H18OSi. The van der Waals surface area contributed by atoms with Gasteiger partial charge in [-0.1, -0.05) is 32.1 Å². The first kappa shape index (κ1) is 8.28. The number of hydrogen-bond acceptors (Lipinski definition) is 1. The van der Waals surface area contributed by atoms with Gasteiger partial charge in [-0.3, -0.25) is 0 Å². The Morgan fingerprint density at radius 3 is 2.60 bits per heavy atom. The summed E-state index contributed by atoms with van der Waals surface area (Å²) >= 11 is 0. The van der Waals surface area contributed by atoms with Crippen molar-refractivity contribution in [2.45, 2.75) is 38.1 Å². The third kappa shape index (κ3) is 2.84. The Hall–Kier alpha value is 0.177. The van der Waals surface area contributed by atoms with Crippen molar-refractivity contribution in [3.8, 4) is 0 Å². The van der Waals surface area contributed by atoms with Crippen LogP contribution >= 0.6 is 0 Å². The Kier molecular flexibility index (Phi) is 4.06. The number of rotatable bonds is 3. The summed E-state index contributed by atoms with van der Waals surface area (Å²) in [4.78, 5) is 0. The minimum Gasteiger partial charge on any atom is -0.427 e. The van der Waals surface area contributed by atoms with E-state index in [4.69, 9.17) is 4.43 Å². The molecule has 0 heterocycles. The molecule has 1 rings (SSSR count). The van der Waals surface area contributed by atoms with Gasteiger partial charge in [0.25, 0.3) is 0 Å². The second-order valence-electron chi connectivity index (χ2n) is 3.29. The lowest BCUT2D eigenvalue weighted by molar-refractivity contribution is 0.365. The van der Waals surface area contributed by atoms with Crippen LogP contribution in [0.25, 0.3) is 0 Å². The molecule has 0 aromatic carbocycles. The van der Waals surface area contributed by atoms with Crippen LogP contribution in [-0.4, -0.2) is 16.9 Å². The van der Waals surface area contributed by atoms with E-state index in [9.17, 15) is 0 Å². The topological polar surface area (TPSA) is 9.23 Å². The first-order valence-corrected chi connectivity index (χ1v) is 6.00. The molecule has 2 heteroatoms. The Morgan fingerprint density at radius 1 is 1.30 bits per heavy atom. The SMILES string of the molecule is CO[SiH2]CC1CCCCC1. The highest BCUT2D eigenvalue weighted by Crippen LogP contribution is 2.26. The van der Waals surface area contributed by atoms with E-state index in [0.29, 0.717) is 0 Å². The Labute approximate surface area is 66.1 Å². The Bertz CT molecular complexity index is 79.3. The summed E-state index contributed by atoms with van der Waals surface area (Å²) in [6, 6.07) is 1.43. The van der Waals surface area contributed by atoms with Crippen LogP contribution in [0.5, 0.6) is 0 Å². The fourth-order valence-corrected chi connectivity index (χ4v) is 2.91. The molecule has 0 N–H and O–H groups in total. The highest BCUT2D eigenvalue weighted by molar-refractivity contribution is 6.27. The van der Waals surface area contributed by atoms with Gasteiger partial charge in [-0.2, -0.15) is 0 Å². The standard InChI is InChI=1S/C8H18OSi/c1-9-10-7-8-5-3-2-4-6-8/h8H,2-7,10H2,1H3. The lowest BCUT2D eigenvalue weighted by Crippen LogP contribution is -2.09. The maximum absolute atomic E-state index is 5.18. The average molecular weight is 158 g/mol. The molecule has 0 bridgehead atoms. The third-order valence-corrected chi connectivity index (χ3v) is 3.92. The summed E-state index contributed by atoms with van der Waals surface area (Å²) in [5.41, 5.74) is 0. The largest absolute Gasteiger partial charge is 0.427 e. The van der Waals surface area contributed by atoms with Crippen LogP contribution < -0.4 is 0 Å². The lowest BCUT2D eigenvalue weighted by atomic mass is 9.91. The molecule has 1 fully saturated rings. The predicted octanol–water partition coefficient (Wildman–Crippen LogP) is 1.72. The monoisotopic (exact) mass is 158 g/mol. The molecule has 0 aliphatic heterocycles. The summed E-state index contributed by atoms with van der Waals surface area (Å²) in [6.45, 7) is 0. The fourth-order valence-electron chi connectivity index (χ4n) is 1.76. The summed E-state index contributed by atoms with van der Waals surface area (Å²) in [5.74, 6) is 1.04. The molecule has 1 aliphatic rings. The third-order valence-electron chi connectivity index (χ3n) is 2.45. The molecule has 10 heavy (non-hydrogen) atoms. The lowest BCUT2D eigenvalue weighted by Gasteiger charge is -2.20. The van der Waals surface area contributed by atoms with Crippen molar-refractivity contribution in [3.05, 3.63) is 0 Å². The zero-order chi connectivity index (χ0) is 7.23. The molecule has 0 unspecified atom stereocenters. The van der Waals surface area contributed by atoms with E-state index in [-0.39, 0.29) is 9.76 Å². The van der Waals surface area contributed by atoms with E-state index in [0.717, 1.165) is 5.92 Å². The molecule has 0 radical (unpaired) electrons. The Balaban J connectivity index is 2.02. The minimum absolute atomic E-state index is 0.123. The van der Waals surface area contributed by atoms with Gasteiger partial charge in [-0.25, -0.2) is 0 Å². The van der Waals surface area contributed by atoms with Crippen LogP contribution in [0.15, 0.2) is 0 Å². The van der Waals surface area contributed by atoms with Gasteiger partial charge in [0.1, 0.15) is 0 Å². The first-order valence-electron chi connectivity index (χ1n) is 4.42. The molecule has 0 atom stereocenters. The van der Waals surface area contributed by atoms with E-state index >= 15 is 0 Å². The smallest absolute Gasteiger partial charge is 0.161 e. The normalized spacial score (nSPS) is 22.5. The van der Waals surface area contributed by atoms with Gasteiger partial charge in [-0.15, -0.1) is 0 Å². The van der Waals surface area contributed by atoms with Crippen LogP contribution in [0, 0.1) is 5.92 Å². The second-order valence-corrected chi connectivity index (χ2v) is 4.85. The molecule has 0 amide bonds. The maximum Gasteiger partial charge on any atom is 0.161 e. The fraction of sp³-hybridized carbons (Fsp3) is 1.00. The second kappa shape index (κ2) is 4.91. The summed E-state index contributed by atoms with van der Waals surface area (Å²) in [5, 5.41) is 0. The molecule has 0 aromatic heterocycles. The molecular weight excluding hydrogens is 140 g/mol. The van der Waals surface area contributed by atoms with E-state index in [1.807, 2.05) is 7.11 Å². The van der Waals surface area contributed by atoms with E-state index in [1.165, 1.54) is 38.1 Å². The highest BCUT2D eigenvalue weighted by atomic mass is 28.2. The van der Waals surface area contributed by atoms with Gasteiger partial charge in [0, 0.05) is 7.11 Å². The van der Waals surface area contributed by atoms with E-state index in [2.05, 4.69) is 0 Å². The van der Waals surface area contributed by atoms with Crippen molar-refractivity contribution in [2.24, 2.45) is 5.92 Å². The van der Waals surface area contributed by atoms with Gasteiger partial charge < -0.3 is 4.43 Å². The van der Waals surface area contributed by atoms with E-state index < -0.39 is 0 Å². The predicted molar refractivity (Wildman–Crippen MR) is 46.9 cm³/mol. The zero-order valence-electron chi connectivity index (χ0n) is 6.94. The highest BCUT2D eigenvalue weighted by Gasteiger charge is 2.12. The van der Waals surface area contributed by atoms with Crippen molar-refractivity contribution >= 4 is 9.76 Å². The van der Waals surface area contributed by atoms with Crippen LogP contribution in [0.1, 0.15) is 32.1 Å². The van der Waals surface area contributed by atoms with Crippen molar-refractivity contribution < 1.29 is 4.43 Å². The van der Waals surface area contributed by atoms with Gasteiger partial charge in [0.05, 0.1) is 0 Å². The van der Waals surface area contributed by atoms with Gasteiger partial charge in [0.2, 0.25) is 0 Å². The quantitative estimate of drug-likeness (QED) is 0.568. The van der Waals surface area contributed by atoms with Crippen molar-refractivity contribution in [2.75, 3.05) is 7.11 Å². The average Bonchev–Trinajstić information content (AvgIpc) is 2.03. The van der Waals surface area contributed by atoms with Gasteiger partial charge in [0.15, 0.2) is 9.76 Å². The summed E-state index contributed by atoms with van der Waals surface area (Å²) < 4.78 is 5.18. The van der Waals surface area contributed by atoms with Gasteiger partial charge in [-0.05, 0) is 12.0 Å². The van der Waals surface area contributed by atoms with Crippen molar-refractivity contribution in [3.63, 3.8) is 0 Å². The van der Waals surface area contributed by atoms with Crippen molar-refractivity contribution in [1.82, 2.24) is 0 Å². The number of hydrogen-bond donors (Lipinski definition) is 0. The minimum atomic E-state index is -0.123. The van der Waals surface area contributed by atoms with Crippen LogP contribution in [0.2, 0.25) is 6.04 Å². The molecule has 1 nitrogen and oxygen atoms in total. The maximum atomic E-state index is 5.18. The first-order chi connectivity index (χ1) is 4.93. The zero-order valence-corrected chi connectivity index (χ0v) is 8.35. The molecule has 0 aromatic rings. The molecule has 0 spiro atoms. The Morgan fingerprint density at radius 2 is 2.00 bits per heavy atom. The molecule has 0 saturated heterocycles. The molecule has 60 valence electrons. The molecule has 1 saturated carbocycles. The van der Waals surface area contributed by atoms with E-state index in [1.54, 1.807) is 0 Å². The molecule has 1 aliphatic carbocycles. The van der Waals surface area contributed by atoms with Crippen LogP contribution in [0.3, 0.4) is 0 Å². The van der Waals surface area contributed by atoms with Gasteiger partial charge >= 0.3 is 0 Å².